The van der Waals surface area contributed by atoms with Crippen molar-refractivity contribution in [3.05, 3.63) is 0 Å². The van der Waals surface area contributed by atoms with Crippen LogP contribution in [-0.4, -0.2) is 62.3 Å². The summed E-state index contributed by atoms with van der Waals surface area (Å²) in [4.78, 5) is 2.07. The Morgan fingerprint density at radius 3 is 2.22 bits per heavy atom. The van der Waals surface area contributed by atoms with E-state index >= 15 is 0 Å². The molecule has 2 aliphatic rings. The summed E-state index contributed by atoms with van der Waals surface area (Å²) in [5.74, 6) is 0.184. The van der Waals surface area contributed by atoms with E-state index < -0.39 is 16.2 Å². The predicted octanol–water partition coefficient (Wildman–Crippen LogP) is 1.24. The van der Waals surface area contributed by atoms with E-state index in [0.717, 1.165) is 19.3 Å². The maximum Gasteiger partial charge on any atom is 0.215 e. The lowest BCUT2D eigenvalue weighted by molar-refractivity contribution is 0.156. The van der Waals surface area contributed by atoms with Crippen molar-refractivity contribution in [3.63, 3.8) is 0 Å². The Morgan fingerprint density at radius 2 is 1.61 bits per heavy atom. The van der Waals surface area contributed by atoms with E-state index in [2.05, 4.69) is 4.90 Å². The van der Waals surface area contributed by atoms with Gasteiger partial charge in [0.25, 0.3) is 0 Å². The fourth-order valence-corrected chi connectivity index (χ4v) is 4.20. The van der Waals surface area contributed by atoms with Crippen molar-refractivity contribution in [2.75, 3.05) is 38.5 Å². The summed E-state index contributed by atoms with van der Waals surface area (Å²) < 4.78 is 38.8. The normalized spacial score (nSPS) is 25.4. The van der Waals surface area contributed by atoms with Gasteiger partial charge in [0.2, 0.25) is 10.0 Å². The van der Waals surface area contributed by atoms with Gasteiger partial charge in [-0.2, -0.15) is 0 Å². The molecule has 0 saturated carbocycles. The molecule has 0 aromatic rings. The van der Waals surface area contributed by atoms with Crippen LogP contribution in [0.3, 0.4) is 0 Å². The van der Waals surface area contributed by atoms with Gasteiger partial charge in [-0.05, 0) is 25.7 Å². The SMILES string of the molecule is O=S(=O)(CCN1CCC(F)CC1)N1CCCCC1. The molecule has 0 bridgehead atoms. The van der Waals surface area contributed by atoms with Gasteiger partial charge in [-0.15, -0.1) is 0 Å². The molecular formula is C12H23FN2O2S. The molecule has 4 nitrogen and oxygen atoms in total. The molecule has 0 atom stereocenters. The highest BCUT2D eigenvalue weighted by Gasteiger charge is 2.25. The van der Waals surface area contributed by atoms with Gasteiger partial charge in [0.1, 0.15) is 6.17 Å². The van der Waals surface area contributed by atoms with E-state index in [-0.39, 0.29) is 5.75 Å². The fourth-order valence-electron chi connectivity index (χ4n) is 2.64. The van der Waals surface area contributed by atoms with Crippen LogP contribution in [0.15, 0.2) is 0 Å². The third-order valence-electron chi connectivity index (χ3n) is 3.89. The number of sulfonamides is 1. The number of likely N-dealkylation sites (tertiary alicyclic amines) is 1. The standard InChI is InChI=1S/C12H23FN2O2S/c13-12-4-8-14(9-5-12)10-11-18(16,17)15-6-2-1-3-7-15/h12H,1-11H2. The highest BCUT2D eigenvalue weighted by molar-refractivity contribution is 7.89. The zero-order chi connectivity index (χ0) is 13.0. The second kappa shape index (κ2) is 6.30. The summed E-state index contributed by atoms with van der Waals surface area (Å²) in [5, 5.41) is 0. The van der Waals surface area contributed by atoms with Crippen molar-refractivity contribution in [1.82, 2.24) is 9.21 Å². The highest BCUT2D eigenvalue weighted by Crippen LogP contribution is 2.16. The molecule has 0 aliphatic carbocycles. The molecular weight excluding hydrogens is 255 g/mol. The lowest BCUT2D eigenvalue weighted by Gasteiger charge is -2.30. The molecule has 0 N–H and O–H groups in total. The zero-order valence-corrected chi connectivity index (χ0v) is 11.7. The van der Waals surface area contributed by atoms with Gasteiger partial charge in [0, 0.05) is 32.7 Å². The minimum atomic E-state index is -3.10. The summed E-state index contributed by atoms with van der Waals surface area (Å²) in [7, 11) is -3.10. The molecule has 0 unspecified atom stereocenters. The third-order valence-corrected chi connectivity index (χ3v) is 5.74. The van der Waals surface area contributed by atoms with E-state index in [0.29, 0.717) is 45.6 Å². The quantitative estimate of drug-likeness (QED) is 0.777. The second-order valence-corrected chi connectivity index (χ2v) is 7.38. The Balaban J connectivity index is 1.77. The van der Waals surface area contributed by atoms with Gasteiger partial charge < -0.3 is 4.90 Å². The first-order valence-corrected chi connectivity index (χ1v) is 8.53. The minimum Gasteiger partial charge on any atom is -0.302 e. The summed E-state index contributed by atoms with van der Waals surface area (Å²) in [6, 6.07) is 0. The van der Waals surface area contributed by atoms with Gasteiger partial charge in [-0.25, -0.2) is 17.1 Å². The number of hydrogen-bond donors (Lipinski definition) is 0. The van der Waals surface area contributed by atoms with Gasteiger partial charge in [0.15, 0.2) is 0 Å². The largest absolute Gasteiger partial charge is 0.302 e. The van der Waals surface area contributed by atoms with E-state index in [1.54, 1.807) is 4.31 Å². The molecule has 2 heterocycles. The minimum absolute atomic E-state index is 0.184. The van der Waals surface area contributed by atoms with Gasteiger partial charge >= 0.3 is 0 Å². The molecule has 0 amide bonds. The molecule has 2 fully saturated rings. The van der Waals surface area contributed by atoms with Crippen molar-refractivity contribution < 1.29 is 12.8 Å². The summed E-state index contributed by atoms with van der Waals surface area (Å²) in [6.45, 7) is 3.28. The lowest BCUT2D eigenvalue weighted by Crippen LogP contribution is -2.42. The van der Waals surface area contributed by atoms with Crippen LogP contribution < -0.4 is 0 Å². The molecule has 0 spiro atoms. The molecule has 2 rings (SSSR count). The smallest absolute Gasteiger partial charge is 0.215 e. The average Bonchev–Trinajstić information content (AvgIpc) is 2.39. The molecule has 0 aromatic carbocycles. The Morgan fingerprint density at radius 1 is 1.00 bits per heavy atom. The average molecular weight is 278 g/mol. The molecule has 0 aromatic heterocycles. The lowest BCUT2D eigenvalue weighted by atomic mass is 10.1. The van der Waals surface area contributed by atoms with Crippen LogP contribution in [0.1, 0.15) is 32.1 Å². The zero-order valence-electron chi connectivity index (χ0n) is 10.9. The number of nitrogens with zero attached hydrogens (tertiary/aromatic N) is 2. The van der Waals surface area contributed by atoms with Gasteiger partial charge in [0.05, 0.1) is 5.75 Å². The van der Waals surface area contributed by atoms with E-state index in [9.17, 15) is 12.8 Å². The maximum atomic E-state index is 13.0. The van der Waals surface area contributed by atoms with Crippen LogP contribution in [-0.2, 0) is 10.0 Å². The number of alkyl halides is 1. The predicted molar refractivity (Wildman–Crippen MR) is 69.8 cm³/mol. The Kier molecular flexibility index (Phi) is 4.98. The topological polar surface area (TPSA) is 40.6 Å². The molecule has 6 heteroatoms. The first-order valence-electron chi connectivity index (χ1n) is 6.92. The Hall–Kier alpha value is -0.200. The Labute approximate surface area is 109 Å². The van der Waals surface area contributed by atoms with Crippen LogP contribution in [0.4, 0.5) is 4.39 Å². The molecule has 18 heavy (non-hydrogen) atoms. The van der Waals surface area contributed by atoms with Crippen molar-refractivity contribution in [2.24, 2.45) is 0 Å². The van der Waals surface area contributed by atoms with Gasteiger partial charge in [-0.1, -0.05) is 6.42 Å². The molecule has 106 valence electrons. The maximum absolute atomic E-state index is 13.0. The second-order valence-electron chi connectivity index (χ2n) is 5.29. The first-order chi connectivity index (χ1) is 8.58. The van der Waals surface area contributed by atoms with E-state index in [4.69, 9.17) is 0 Å². The number of rotatable bonds is 4. The highest BCUT2D eigenvalue weighted by atomic mass is 32.2. The van der Waals surface area contributed by atoms with Crippen LogP contribution in [0.25, 0.3) is 0 Å². The number of halogens is 1. The van der Waals surface area contributed by atoms with Crippen molar-refractivity contribution in [1.29, 1.82) is 0 Å². The van der Waals surface area contributed by atoms with Crippen LogP contribution in [0, 0.1) is 0 Å². The number of piperidine rings is 2. The monoisotopic (exact) mass is 278 g/mol. The van der Waals surface area contributed by atoms with E-state index in [1.165, 1.54) is 0 Å². The fraction of sp³-hybridized carbons (Fsp3) is 1.00. The first kappa shape index (κ1) is 14.2. The number of hydrogen-bond acceptors (Lipinski definition) is 3. The van der Waals surface area contributed by atoms with Crippen LogP contribution in [0.5, 0.6) is 0 Å². The molecule has 2 aliphatic heterocycles. The van der Waals surface area contributed by atoms with Crippen molar-refractivity contribution in [3.8, 4) is 0 Å². The molecule has 2 saturated heterocycles. The van der Waals surface area contributed by atoms with E-state index in [1.807, 2.05) is 0 Å². The van der Waals surface area contributed by atoms with Crippen molar-refractivity contribution in [2.45, 2.75) is 38.3 Å². The third kappa shape index (κ3) is 3.90. The van der Waals surface area contributed by atoms with Crippen molar-refractivity contribution >= 4 is 10.0 Å². The molecule has 0 radical (unpaired) electrons. The van der Waals surface area contributed by atoms with Gasteiger partial charge in [-0.3, -0.25) is 0 Å². The van der Waals surface area contributed by atoms with Crippen LogP contribution in [0.2, 0.25) is 0 Å². The summed E-state index contributed by atoms with van der Waals surface area (Å²) in [5.41, 5.74) is 0. The summed E-state index contributed by atoms with van der Waals surface area (Å²) in [6.07, 6.45) is 3.49. The van der Waals surface area contributed by atoms with Crippen LogP contribution >= 0.6 is 0 Å². The Bertz CT molecular complexity index is 347. The summed E-state index contributed by atoms with van der Waals surface area (Å²) >= 11 is 0.